The molecule has 1 saturated heterocycles. The summed E-state index contributed by atoms with van der Waals surface area (Å²) in [6.07, 6.45) is -1.45. The van der Waals surface area contributed by atoms with Crippen LogP contribution in [0.2, 0.25) is 0 Å². The van der Waals surface area contributed by atoms with Crippen LogP contribution in [0, 0.1) is 0 Å². The van der Waals surface area contributed by atoms with E-state index in [1.165, 1.54) is 0 Å². The molecular weight excluding hydrogens is 333 g/mol. The van der Waals surface area contributed by atoms with E-state index in [2.05, 4.69) is 14.9 Å². The van der Waals surface area contributed by atoms with Crippen molar-refractivity contribution in [3.63, 3.8) is 0 Å². The van der Waals surface area contributed by atoms with E-state index >= 15 is 0 Å². The molecule has 6 heteroatoms. The molecule has 1 aromatic heterocycles. The van der Waals surface area contributed by atoms with Crippen molar-refractivity contribution in [1.82, 2.24) is 14.9 Å². The zero-order valence-electron chi connectivity index (χ0n) is 14.7. The van der Waals surface area contributed by atoms with Crippen LogP contribution in [0.4, 0.5) is 4.39 Å². The second kappa shape index (κ2) is 7.43. The van der Waals surface area contributed by atoms with Crippen molar-refractivity contribution < 1.29 is 13.9 Å². The minimum absolute atomic E-state index is 0.280. The summed E-state index contributed by atoms with van der Waals surface area (Å²) in [7, 11) is 1.65. The molecule has 26 heavy (non-hydrogen) atoms. The Balaban J connectivity index is 1.36. The van der Waals surface area contributed by atoms with E-state index < -0.39 is 12.3 Å². The summed E-state index contributed by atoms with van der Waals surface area (Å²) in [5.74, 6) is 1.55. The molecule has 2 atom stereocenters. The minimum atomic E-state index is -1.01. The largest absolute Gasteiger partial charge is 0.496 e. The van der Waals surface area contributed by atoms with Crippen LogP contribution < -0.4 is 4.74 Å². The molecule has 136 valence electrons. The van der Waals surface area contributed by atoms with Crippen LogP contribution in [0.1, 0.15) is 11.4 Å². The molecule has 3 aromatic rings. The first kappa shape index (κ1) is 17.0. The SMILES string of the molecule is COc1ccccc1CN1C[C@@H](F)[C@@H](OCc2nc3ccccc3[nH]2)C1. The Morgan fingerprint density at radius 1 is 1.15 bits per heavy atom. The minimum Gasteiger partial charge on any atom is -0.496 e. The van der Waals surface area contributed by atoms with Crippen molar-refractivity contribution in [2.75, 3.05) is 20.2 Å². The van der Waals surface area contributed by atoms with Crippen LogP contribution in [0.5, 0.6) is 5.75 Å². The molecule has 1 N–H and O–H groups in total. The van der Waals surface area contributed by atoms with Gasteiger partial charge in [-0.2, -0.15) is 0 Å². The van der Waals surface area contributed by atoms with Gasteiger partial charge in [-0.15, -0.1) is 0 Å². The third-order valence-electron chi connectivity index (χ3n) is 4.73. The normalized spacial score (nSPS) is 20.7. The molecule has 1 aliphatic rings. The van der Waals surface area contributed by atoms with Gasteiger partial charge < -0.3 is 14.5 Å². The number of fused-ring (bicyclic) bond motifs is 1. The molecule has 0 unspecified atom stereocenters. The number of nitrogens with zero attached hydrogens (tertiary/aromatic N) is 2. The van der Waals surface area contributed by atoms with Crippen LogP contribution in [0.3, 0.4) is 0 Å². The molecule has 2 heterocycles. The molecule has 0 aliphatic carbocycles. The van der Waals surface area contributed by atoms with Crippen LogP contribution >= 0.6 is 0 Å². The van der Waals surface area contributed by atoms with E-state index in [4.69, 9.17) is 9.47 Å². The average Bonchev–Trinajstić information content (AvgIpc) is 3.23. The molecular formula is C20H22FN3O2. The summed E-state index contributed by atoms with van der Waals surface area (Å²) < 4.78 is 25.6. The number of imidazole rings is 1. The van der Waals surface area contributed by atoms with E-state index in [-0.39, 0.29) is 6.61 Å². The third-order valence-corrected chi connectivity index (χ3v) is 4.73. The quantitative estimate of drug-likeness (QED) is 0.737. The van der Waals surface area contributed by atoms with Gasteiger partial charge in [0, 0.05) is 25.2 Å². The molecule has 0 bridgehead atoms. The molecule has 5 nitrogen and oxygen atoms in total. The maximum atomic E-state index is 14.4. The van der Waals surface area contributed by atoms with Crippen molar-refractivity contribution in [3.8, 4) is 5.75 Å². The van der Waals surface area contributed by atoms with Gasteiger partial charge in [-0.05, 0) is 18.2 Å². The van der Waals surface area contributed by atoms with E-state index in [0.717, 1.165) is 28.2 Å². The van der Waals surface area contributed by atoms with Crippen molar-refractivity contribution in [2.24, 2.45) is 0 Å². The molecule has 0 amide bonds. The molecule has 4 rings (SSSR count). The van der Waals surface area contributed by atoms with E-state index in [0.29, 0.717) is 19.6 Å². The van der Waals surface area contributed by atoms with Crippen molar-refractivity contribution in [1.29, 1.82) is 0 Å². The van der Waals surface area contributed by atoms with E-state index in [1.54, 1.807) is 7.11 Å². The van der Waals surface area contributed by atoms with Gasteiger partial charge in [0.15, 0.2) is 0 Å². The predicted octanol–water partition coefficient (Wildman–Crippen LogP) is 3.31. The van der Waals surface area contributed by atoms with Gasteiger partial charge in [-0.3, -0.25) is 4.90 Å². The number of benzene rings is 2. The first-order chi connectivity index (χ1) is 12.7. The number of ether oxygens (including phenoxy) is 2. The van der Waals surface area contributed by atoms with Gasteiger partial charge >= 0.3 is 0 Å². The lowest BCUT2D eigenvalue weighted by molar-refractivity contribution is 0.00862. The highest BCUT2D eigenvalue weighted by atomic mass is 19.1. The summed E-state index contributed by atoms with van der Waals surface area (Å²) in [5, 5.41) is 0. The van der Waals surface area contributed by atoms with Gasteiger partial charge in [0.2, 0.25) is 0 Å². The average molecular weight is 355 g/mol. The molecule has 2 aromatic carbocycles. The van der Waals surface area contributed by atoms with Gasteiger partial charge in [-0.1, -0.05) is 30.3 Å². The first-order valence-electron chi connectivity index (χ1n) is 8.76. The Hall–Kier alpha value is -2.44. The summed E-state index contributed by atoms with van der Waals surface area (Å²) in [6, 6.07) is 15.6. The summed E-state index contributed by atoms with van der Waals surface area (Å²) in [4.78, 5) is 9.75. The van der Waals surface area contributed by atoms with Crippen LogP contribution in [-0.4, -0.2) is 47.3 Å². The highest BCUT2D eigenvalue weighted by molar-refractivity contribution is 5.74. The van der Waals surface area contributed by atoms with Crippen LogP contribution in [-0.2, 0) is 17.9 Å². The molecule has 0 spiro atoms. The van der Waals surface area contributed by atoms with Gasteiger partial charge in [0.05, 0.1) is 18.1 Å². The Morgan fingerprint density at radius 3 is 2.81 bits per heavy atom. The lowest BCUT2D eigenvalue weighted by Gasteiger charge is -2.17. The Kier molecular flexibility index (Phi) is 4.86. The van der Waals surface area contributed by atoms with Crippen LogP contribution in [0.25, 0.3) is 11.0 Å². The fourth-order valence-corrected chi connectivity index (χ4v) is 3.43. The first-order valence-corrected chi connectivity index (χ1v) is 8.76. The lowest BCUT2D eigenvalue weighted by atomic mass is 10.2. The van der Waals surface area contributed by atoms with Crippen molar-refractivity contribution >= 4 is 11.0 Å². The number of methoxy groups -OCH3 is 1. The third kappa shape index (κ3) is 3.57. The monoisotopic (exact) mass is 355 g/mol. The fourth-order valence-electron chi connectivity index (χ4n) is 3.43. The number of para-hydroxylation sites is 3. The molecule has 0 saturated carbocycles. The second-order valence-electron chi connectivity index (χ2n) is 6.57. The van der Waals surface area contributed by atoms with Crippen molar-refractivity contribution in [3.05, 3.63) is 59.9 Å². The maximum absolute atomic E-state index is 14.4. The summed E-state index contributed by atoms with van der Waals surface area (Å²) >= 11 is 0. The number of aromatic nitrogens is 2. The Morgan fingerprint density at radius 2 is 1.96 bits per heavy atom. The number of rotatable bonds is 6. The second-order valence-corrected chi connectivity index (χ2v) is 6.57. The Labute approximate surface area is 151 Å². The predicted molar refractivity (Wildman–Crippen MR) is 97.8 cm³/mol. The number of hydrogen-bond acceptors (Lipinski definition) is 4. The zero-order valence-corrected chi connectivity index (χ0v) is 14.7. The van der Waals surface area contributed by atoms with Gasteiger partial charge in [-0.25, -0.2) is 9.37 Å². The lowest BCUT2D eigenvalue weighted by Crippen LogP contribution is -2.24. The van der Waals surface area contributed by atoms with Gasteiger partial charge in [0.25, 0.3) is 0 Å². The number of H-pyrrole nitrogens is 1. The number of nitrogens with one attached hydrogen (secondary N) is 1. The zero-order chi connectivity index (χ0) is 17.9. The summed E-state index contributed by atoms with van der Waals surface area (Å²) in [6.45, 7) is 1.85. The molecule has 1 fully saturated rings. The topological polar surface area (TPSA) is 50.4 Å². The smallest absolute Gasteiger partial charge is 0.140 e. The number of aromatic amines is 1. The maximum Gasteiger partial charge on any atom is 0.140 e. The molecule has 1 aliphatic heterocycles. The van der Waals surface area contributed by atoms with Gasteiger partial charge in [0.1, 0.15) is 30.5 Å². The number of alkyl halides is 1. The van der Waals surface area contributed by atoms with E-state index in [9.17, 15) is 4.39 Å². The number of hydrogen-bond donors (Lipinski definition) is 1. The summed E-state index contributed by atoms with van der Waals surface area (Å²) in [5.41, 5.74) is 2.92. The van der Waals surface area contributed by atoms with Crippen LogP contribution in [0.15, 0.2) is 48.5 Å². The standard InChI is InChI=1S/C20H22FN3O2/c1-25-18-9-5-2-6-14(18)10-24-11-15(21)19(12-24)26-13-20-22-16-7-3-4-8-17(16)23-20/h2-9,15,19H,10-13H2,1H3,(H,22,23)/t15-,19+/m1/s1. The Bertz CT molecular complexity index is 849. The number of likely N-dealkylation sites (tertiary alicyclic amines) is 1. The molecule has 0 radical (unpaired) electrons. The van der Waals surface area contributed by atoms with Crippen molar-refractivity contribution in [2.45, 2.75) is 25.4 Å². The fraction of sp³-hybridized carbons (Fsp3) is 0.350. The number of halogens is 1. The highest BCUT2D eigenvalue weighted by Gasteiger charge is 2.34. The highest BCUT2D eigenvalue weighted by Crippen LogP contribution is 2.24. The van der Waals surface area contributed by atoms with E-state index in [1.807, 2.05) is 48.5 Å².